The number of thiocarbonyl (C=S) groups is 1. The number of anilines is 2. The van der Waals surface area contributed by atoms with Gasteiger partial charge in [-0.2, -0.15) is 0 Å². The molecule has 2 amide bonds. The van der Waals surface area contributed by atoms with Crippen LogP contribution in [0.25, 0.3) is 0 Å². The Kier molecular flexibility index (Phi) is 7.09. The van der Waals surface area contributed by atoms with E-state index in [1.165, 1.54) is 19.2 Å². The molecule has 0 atom stereocenters. The van der Waals surface area contributed by atoms with Gasteiger partial charge in [-0.25, -0.2) is 0 Å². The molecular formula is C22H18N4O5S. The Morgan fingerprint density at radius 3 is 2.22 bits per heavy atom. The largest absolute Gasteiger partial charge is 0.490 e. The minimum atomic E-state index is -0.637. The van der Waals surface area contributed by atoms with Crippen molar-refractivity contribution in [1.82, 2.24) is 5.32 Å². The van der Waals surface area contributed by atoms with Gasteiger partial charge in [-0.15, -0.1) is 0 Å². The Bertz CT molecular complexity index is 1180. The Morgan fingerprint density at radius 2 is 1.56 bits per heavy atom. The van der Waals surface area contributed by atoms with Crippen molar-refractivity contribution in [2.24, 2.45) is 0 Å². The molecule has 0 saturated carbocycles. The molecule has 0 spiro atoms. The Morgan fingerprint density at radius 1 is 0.875 bits per heavy atom. The number of nitrogens with zero attached hydrogens (tertiary/aromatic N) is 1. The van der Waals surface area contributed by atoms with Crippen LogP contribution in [-0.2, 0) is 0 Å². The highest BCUT2D eigenvalue weighted by atomic mass is 32.1. The van der Waals surface area contributed by atoms with Crippen LogP contribution in [0, 0.1) is 10.1 Å². The summed E-state index contributed by atoms with van der Waals surface area (Å²) in [7, 11) is 1.30. The van der Waals surface area contributed by atoms with Crippen molar-refractivity contribution in [3.63, 3.8) is 0 Å². The fourth-order valence-electron chi connectivity index (χ4n) is 2.78. The van der Waals surface area contributed by atoms with Crippen LogP contribution in [0.3, 0.4) is 0 Å². The third-order valence-electron chi connectivity index (χ3n) is 4.28. The lowest BCUT2D eigenvalue weighted by molar-refractivity contribution is -0.385. The van der Waals surface area contributed by atoms with E-state index in [0.29, 0.717) is 16.9 Å². The highest BCUT2D eigenvalue weighted by Gasteiger charge is 2.18. The zero-order valence-corrected chi connectivity index (χ0v) is 17.6. The average molecular weight is 450 g/mol. The fourth-order valence-corrected chi connectivity index (χ4v) is 2.99. The Balaban J connectivity index is 1.64. The predicted octanol–water partition coefficient (Wildman–Crippen LogP) is 3.98. The van der Waals surface area contributed by atoms with Gasteiger partial charge >= 0.3 is 5.69 Å². The van der Waals surface area contributed by atoms with Crippen molar-refractivity contribution < 1.29 is 19.2 Å². The van der Waals surface area contributed by atoms with Gasteiger partial charge in [0.2, 0.25) is 0 Å². The summed E-state index contributed by atoms with van der Waals surface area (Å²) in [6.45, 7) is 0. The Hall–Kier alpha value is -4.31. The number of nitro groups is 1. The SMILES string of the molecule is COc1ccc(C(=O)NC(=S)Nc2cccc(NC(=O)c3ccccc3)c2)cc1[N+](=O)[O-]. The zero-order chi connectivity index (χ0) is 23.1. The van der Waals surface area contributed by atoms with Gasteiger partial charge in [0.15, 0.2) is 10.9 Å². The van der Waals surface area contributed by atoms with Crippen molar-refractivity contribution in [3.8, 4) is 5.75 Å². The molecule has 10 heteroatoms. The van der Waals surface area contributed by atoms with Crippen molar-refractivity contribution in [1.29, 1.82) is 0 Å². The van der Waals surface area contributed by atoms with Gasteiger partial charge in [-0.05, 0) is 54.7 Å². The number of carbonyl (C=O) groups is 2. The second-order valence-electron chi connectivity index (χ2n) is 6.45. The van der Waals surface area contributed by atoms with Crippen LogP contribution in [0.4, 0.5) is 17.1 Å². The second-order valence-corrected chi connectivity index (χ2v) is 6.86. The molecule has 0 bridgehead atoms. The summed E-state index contributed by atoms with van der Waals surface area (Å²) in [5, 5.41) is 19.2. The van der Waals surface area contributed by atoms with E-state index in [-0.39, 0.29) is 28.0 Å². The molecule has 3 aromatic carbocycles. The van der Waals surface area contributed by atoms with Crippen LogP contribution < -0.4 is 20.7 Å². The van der Waals surface area contributed by atoms with Gasteiger partial charge in [-0.3, -0.25) is 25.0 Å². The maximum absolute atomic E-state index is 12.4. The lowest BCUT2D eigenvalue weighted by atomic mass is 10.1. The molecule has 0 unspecified atom stereocenters. The van der Waals surface area contributed by atoms with Gasteiger partial charge in [0.05, 0.1) is 12.0 Å². The summed E-state index contributed by atoms with van der Waals surface area (Å²) >= 11 is 5.16. The van der Waals surface area contributed by atoms with Crippen molar-refractivity contribution in [2.45, 2.75) is 0 Å². The molecule has 3 rings (SSSR count). The molecule has 0 fully saturated rings. The number of benzene rings is 3. The number of carbonyl (C=O) groups excluding carboxylic acids is 2. The minimum Gasteiger partial charge on any atom is -0.490 e. The lowest BCUT2D eigenvalue weighted by Crippen LogP contribution is -2.34. The number of amides is 2. The van der Waals surface area contributed by atoms with E-state index >= 15 is 0 Å². The summed E-state index contributed by atoms with van der Waals surface area (Å²) in [6, 6.07) is 19.4. The van der Waals surface area contributed by atoms with Crippen molar-refractivity contribution in [3.05, 3.63) is 94.0 Å². The van der Waals surface area contributed by atoms with E-state index in [0.717, 1.165) is 6.07 Å². The molecule has 162 valence electrons. The van der Waals surface area contributed by atoms with E-state index in [4.69, 9.17) is 17.0 Å². The van der Waals surface area contributed by atoms with E-state index in [9.17, 15) is 19.7 Å². The van der Waals surface area contributed by atoms with Crippen LogP contribution in [-0.4, -0.2) is 29.0 Å². The molecule has 3 N–H and O–H groups in total. The molecule has 9 nitrogen and oxygen atoms in total. The molecule has 0 heterocycles. The summed E-state index contributed by atoms with van der Waals surface area (Å²) in [6.07, 6.45) is 0. The average Bonchev–Trinajstić information content (AvgIpc) is 2.79. The molecular weight excluding hydrogens is 432 g/mol. The third kappa shape index (κ3) is 5.64. The first kappa shape index (κ1) is 22.4. The monoisotopic (exact) mass is 450 g/mol. The highest BCUT2D eigenvalue weighted by molar-refractivity contribution is 7.80. The zero-order valence-electron chi connectivity index (χ0n) is 16.8. The minimum absolute atomic E-state index is 0.0139. The van der Waals surface area contributed by atoms with Gasteiger partial charge in [0.25, 0.3) is 11.8 Å². The Labute approximate surface area is 188 Å². The molecule has 32 heavy (non-hydrogen) atoms. The molecule has 0 aliphatic carbocycles. The normalized spacial score (nSPS) is 10.0. The predicted molar refractivity (Wildman–Crippen MR) is 124 cm³/mol. The van der Waals surface area contributed by atoms with E-state index in [2.05, 4.69) is 16.0 Å². The third-order valence-corrected chi connectivity index (χ3v) is 4.48. The van der Waals surface area contributed by atoms with Crippen LogP contribution >= 0.6 is 12.2 Å². The molecule has 3 aromatic rings. The van der Waals surface area contributed by atoms with Crippen LogP contribution in [0.1, 0.15) is 20.7 Å². The van der Waals surface area contributed by atoms with Gasteiger partial charge in [-0.1, -0.05) is 24.3 Å². The van der Waals surface area contributed by atoms with E-state index in [1.807, 2.05) is 6.07 Å². The maximum Gasteiger partial charge on any atom is 0.311 e. The summed E-state index contributed by atoms with van der Waals surface area (Å²) in [5.74, 6) is -0.844. The first-order chi connectivity index (χ1) is 15.4. The first-order valence-corrected chi connectivity index (χ1v) is 9.69. The number of rotatable bonds is 6. The molecule has 0 aromatic heterocycles. The summed E-state index contributed by atoms with van der Waals surface area (Å²) in [4.78, 5) is 35.2. The topological polar surface area (TPSA) is 123 Å². The number of nitro benzene ring substituents is 1. The standard InChI is InChI=1S/C22H18N4O5S/c1-31-19-11-10-15(12-18(19)26(29)30)21(28)25-22(32)24-17-9-5-8-16(13-17)23-20(27)14-6-3-2-4-7-14/h2-13H,1H3,(H,23,27)(H2,24,25,28,32). The van der Waals surface area contributed by atoms with Crippen LogP contribution in [0.15, 0.2) is 72.8 Å². The number of hydrogen-bond donors (Lipinski definition) is 3. The first-order valence-electron chi connectivity index (χ1n) is 9.28. The molecule has 0 aliphatic rings. The molecule has 0 radical (unpaired) electrons. The number of ether oxygens (including phenoxy) is 1. The smallest absolute Gasteiger partial charge is 0.311 e. The highest BCUT2D eigenvalue weighted by Crippen LogP contribution is 2.27. The second kappa shape index (κ2) is 10.1. The van der Waals surface area contributed by atoms with E-state index in [1.54, 1.807) is 48.5 Å². The van der Waals surface area contributed by atoms with Crippen LogP contribution in [0.5, 0.6) is 5.75 Å². The number of nitrogens with one attached hydrogen (secondary N) is 3. The van der Waals surface area contributed by atoms with Crippen molar-refractivity contribution >= 4 is 46.2 Å². The van der Waals surface area contributed by atoms with Gasteiger partial charge < -0.3 is 15.4 Å². The fraction of sp³-hybridized carbons (Fsp3) is 0.0455. The number of hydrogen-bond acceptors (Lipinski definition) is 6. The lowest BCUT2D eigenvalue weighted by Gasteiger charge is -2.12. The summed E-state index contributed by atoms with van der Waals surface area (Å²) in [5.41, 5.74) is 1.29. The molecule has 0 aliphatic heterocycles. The van der Waals surface area contributed by atoms with Gasteiger partial charge in [0, 0.05) is 28.6 Å². The summed E-state index contributed by atoms with van der Waals surface area (Å²) < 4.78 is 4.93. The maximum atomic E-state index is 12.4. The molecule has 0 saturated heterocycles. The van der Waals surface area contributed by atoms with Gasteiger partial charge in [0.1, 0.15) is 0 Å². The van der Waals surface area contributed by atoms with Crippen molar-refractivity contribution in [2.75, 3.05) is 17.7 Å². The van der Waals surface area contributed by atoms with Crippen LogP contribution in [0.2, 0.25) is 0 Å². The van der Waals surface area contributed by atoms with E-state index < -0.39 is 10.8 Å². The number of methoxy groups -OCH3 is 1. The quantitative estimate of drug-likeness (QED) is 0.295.